The summed E-state index contributed by atoms with van der Waals surface area (Å²) in [5, 5.41) is 19.7. The number of phosphoric acid groups is 1. The van der Waals surface area contributed by atoms with Crippen LogP contribution in [-0.4, -0.2) is 99.5 Å². The van der Waals surface area contributed by atoms with E-state index in [0.29, 0.717) is 24.8 Å². The number of esters is 1. The molecule has 0 spiro atoms. The number of carbonyl (C=O) groups is 6. The lowest BCUT2D eigenvalue weighted by Gasteiger charge is -2.59. The molecule has 21 heteroatoms. The lowest BCUT2D eigenvalue weighted by atomic mass is 9.46. The van der Waals surface area contributed by atoms with Crippen molar-refractivity contribution in [2.45, 2.75) is 168 Å². The number of benzene rings is 2. The first-order valence-electron chi connectivity index (χ1n) is 26.0. The average Bonchev–Trinajstić information content (AvgIpc) is 3.84. The molecule has 5 aliphatic rings. The van der Waals surface area contributed by atoms with E-state index in [1.807, 2.05) is 19.9 Å². The van der Waals surface area contributed by atoms with Gasteiger partial charge in [-0.3, -0.25) is 42.3 Å². The van der Waals surface area contributed by atoms with Crippen LogP contribution < -0.4 is 16.0 Å². The monoisotopic (exact) mass is 1160 g/mol. The summed E-state index contributed by atoms with van der Waals surface area (Å²) in [6.45, 7) is 17.8. The molecule has 0 bridgehead atoms. The van der Waals surface area contributed by atoms with Crippen molar-refractivity contribution < 1.29 is 75.0 Å². The number of anilines is 1. The number of fused-ring (bicyclic) bond motifs is 7. The lowest BCUT2D eigenvalue weighted by molar-refractivity contribution is -0.201. The molecule has 7 rings (SSSR count). The number of aliphatic hydroxyl groups excluding tert-OH is 1. The third-order valence-electron chi connectivity index (χ3n) is 15.1. The smallest absolute Gasteiger partial charge is 0.460 e. The summed E-state index contributed by atoms with van der Waals surface area (Å²) in [5.41, 5.74) is -6.04. The number of halogens is 3. The molecule has 4 aliphatic carbocycles. The number of allylic oxidation sites excluding steroid dienone is 4. The Balaban J connectivity index is 1.13. The number of amides is 3. The molecule has 2 aromatic carbocycles. The number of alkyl halides is 3. The van der Waals surface area contributed by atoms with E-state index in [9.17, 15) is 33.6 Å². The summed E-state index contributed by atoms with van der Waals surface area (Å²) in [6, 6.07) is 8.90. The molecule has 10 atom stereocenters. The molecule has 77 heavy (non-hydrogen) atoms. The maximum Gasteiger partial charge on any atom is 0.476 e. The van der Waals surface area contributed by atoms with Gasteiger partial charge in [0, 0.05) is 45.5 Å². The molecule has 3 saturated carbocycles. The lowest BCUT2D eigenvalue weighted by Crippen LogP contribution is -2.63. The number of hydrogen-bond donors (Lipinski definition) is 4. The minimum Gasteiger partial charge on any atom is -0.460 e. The van der Waals surface area contributed by atoms with Gasteiger partial charge in [-0.1, -0.05) is 77.8 Å². The van der Waals surface area contributed by atoms with Gasteiger partial charge in [0.1, 0.15) is 18.2 Å². The second-order valence-electron chi connectivity index (χ2n) is 24.2. The number of Topliss-reactive ketones (excluding diaryl/α,β-unsaturated/α-hetero) is 1. The number of hydrogen-bond acceptors (Lipinski definition) is 14. The summed E-state index contributed by atoms with van der Waals surface area (Å²) in [6.07, 6.45) is 3.16. The number of phosphoric ester groups is 1. The number of nitrogens with one attached hydrogen (secondary N) is 3. The predicted octanol–water partition coefficient (Wildman–Crippen LogP) is 9.25. The van der Waals surface area contributed by atoms with E-state index < -0.39 is 125 Å². The van der Waals surface area contributed by atoms with Gasteiger partial charge in [0.05, 0.1) is 35.3 Å². The van der Waals surface area contributed by atoms with Crippen molar-refractivity contribution in [1.82, 2.24) is 10.6 Å². The first-order chi connectivity index (χ1) is 35.6. The van der Waals surface area contributed by atoms with Crippen LogP contribution in [0.4, 0.5) is 14.5 Å². The van der Waals surface area contributed by atoms with Crippen molar-refractivity contribution in [2.75, 3.05) is 23.8 Å². The Kier molecular flexibility index (Phi) is 17.3. The van der Waals surface area contributed by atoms with Gasteiger partial charge in [-0.05, 0) is 131 Å². The van der Waals surface area contributed by atoms with Crippen molar-refractivity contribution >= 4 is 64.7 Å². The van der Waals surface area contributed by atoms with Gasteiger partial charge in [-0.25, -0.2) is 4.57 Å². The minimum atomic E-state index is -4.42. The number of aliphatic hydroxyl groups is 1. The molecule has 17 nitrogen and oxygen atoms in total. The van der Waals surface area contributed by atoms with Crippen LogP contribution in [0, 0.1) is 28.6 Å². The van der Waals surface area contributed by atoms with Crippen molar-refractivity contribution in [3.05, 3.63) is 89.0 Å². The maximum atomic E-state index is 16.6. The van der Waals surface area contributed by atoms with Gasteiger partial charge in [0.15, 0.2) is 23.5 Å². The Hall–Kier alpha value is -4.53. The molecule has 3 amide bonds. The molecule has 4 fully saturated rings. The van der Waals surface area contributed by atoms with Crippen LogP contribution in [0.5, 0.6) is 0 Å². The van der Waals surface area contributed by atoms with Crippen LogP contribution in [0.1, 0.15) is 138 Å². The molecule has 0 unspecified atom stereocenters. The molecule has 1 heterocycles. The zero-order valence-corrected chi connectivity index (χ0v) is 48.1. The Morgan fingerprint density at radius 2 is 1.58 bits per heavy atom. The average molecular weight is 1160 g/mol. The quantitative estimate of drug-likeness (QED) is 0.0619. The van der Waals surface area contributed by atoms with Crippen molar-refractivity contribution in [2.24, 2.45) is 28.6 Å². The van der Waals surface area contributed by atoms with Crippen molar-refractivity contribution in [3.8, 4) is 0 Å². The second kappa shape index (κ2) is 22.2. The van der Waals surface area contributed by atoms with E-state index >= 15 is 13.6 Å². The van der Waals surface area contributed by atoms with Crippen LogP contribution >= 0.6 is 23.8 Å². The molecule has 0 aromatic heterocycles. The van der Waals surface area contributed by atoms with E-state index in [1.54, 1.807) is 74.5 Å². The zero-order chi connectivity index (χ0) is 56.9. The summed E-state index contributed by atoms with van der Waals surface area (Å²) < 4.78 is 84.1. The van der Waals surface area contributed by atoms with Crippen molar-refractivity contribution in [3.63, 3.8) is 0 Å². The van der Waals surface area contributed by atoms with Crippen LogP contribution in [0.2, 0.25) is 0 Å². The van der Waals surface area contributed by atoms with E-state index in [2.05, 4.69) is 31.9 Å². The highest BCUT2D eigenvalue weighted by Crippen LogP contribution is 2.71. The van der Waals surface area contributed by atoms with Crippen LogP contribution in [-0.2, 0) is 67.0 Å². The highest BCUT2D eigenvalue weighted by atomic mass is 79.9. The number of ketones is 2. The number of rotatable bonds is 18. The van der Waals surface area contributed by atoms with Gasteiger partial charge in [-0.2, -0.15) is 8.78 Å². The molecule has 1 aliphatic heterocycles. The van der Waals surface area contributed by atoms with Crippen molar-refractivity contribution in [1.29, 1.82) is 0 Å². The Morgan fingerprint density at radius 3 is 2.21 bits per heavy atom. The van der Waals surface area contributed by atoms with Crippen LogP contribution in [0.3, 0.4) is 0 Å². The van der Waals surface area contributed by atoms with Gasteiger partial charge >= 0.3 is 13.8 Å². The first-order valence-corrected chi connectivity index (χ1v) is 28.6. The molecular formula is C56H73BrF2N3O14P. The molecule has 0 radical (unpaired) electrons. The SMILES string of the molecule is CC(C)(C)OC(=O)CC[C@H](NC(=O)CNC(=O)CBr)C(=O)Nc1cccc(C(F)(F)c2ccc([C@@H]3O[C@@H]4C[C@H]5[C@@H]6CCC7=CC(=O)C=C[C@]7(C)[C@H]6[C@@H](O)C[C@]5(C)[C@]4(C(=O)COP(=O)(OC(C)(C)C)OC(C)(C)C)O3)cc2)c1. The molecule has 4 N–H and O–H groups in total. The van der Waals surface area contributed by atoms with E-state index in [1.165, 1.54) is 42.5 Å². The summed E-state index contributed by atoms with van der Waals surface area (Å²) in [5.74, 6) is -7.67. The van der Waals surface area contributed by atoms with Gasteiger partial charge < -0.3 is 35.3 Å². The zero-order valence-electron chi connectivity index (χ0n) is 45.6. The predicted molar refractivity (Wildman–Crippen MR) is 283 cm³/mol. The third kappa shape index (κ3) is 13.1. The Morgan fingerprint density at radius 1 is 0.922 bits per heavy atom. The molecule has 2 aromatic rings. The fraction of sp³-hybridized carbons (Fsp3) is 0.607. The topological polar surface area (TPSA) is 231 Å². The van der Waals surface area contributed by atoms with Crippen LogP contribution in [0.15, 0.2) is 72.3 Å². The van der Waals surface area contributed by atoms with E-state index in [-0.39, 0.29) is 53.8 Å². The van der Waals surface area contributed by atoms with Crippen LogP contribution in [0.25, 0.3) is 0 Å². The largest absolute Gasteiger partial charge is 0.476 e. The summed E-state index contributed by atoms with van der Waals surface area (Å²) in [4.78, 5) is 78.5. The standard InChI is InChI=1S/C56H73BrF2N3O14P/c1-50(2,3)73-46(68)22-21-40(62-45(67)30-60-44(66)29-57)48(69)61-36-14-12-13-35(25-36)56(58,59)33-17-15-32(16-18-33)49-72-43-27-39-38-20-19-34-26-37(63)23-24-53(34,10)47(38)41(64)28-54(39,11)55(43,74-49)42(65)31-71-77(70,75-51(4,5)6)76-52(7,8)9/h12-18,23-26,38-41,43,47,49,64H,19-22,27-31H2,1-11H3,(H,60,66)(H,61,69)(H,62,67)/t38-,39-,40-,41-,43+,47+,49+,53-,54-,55+/m0/s1. The Labute approximate surface area is 457 Å². The first kappa shape index (κ1) is 60.1. The van der Waals surface area contributed by atoms with Gasteiger partial charge in [0.25, 0.3) is 5.92 Å². The summed E-state index contributed by atoms with van der Waals surface area (Å²) in [7, 11) is -4.42. The minimum absolute atomic E-state index is 0.0343. The molecule has 1 saturated heterocycles. The highest BCUT2D eigenvalue weighted by Gasteiger charge is 2.76. The normalized spacial score (nSPS) is 28.5. The van der Waals surface area contributed by atoms with Gasteiger partial charge in [-0.15, -0.1) is 0 Å². The van der Waals surface area contributed by atoms with Gasteiger partial charge in [0.2, 0.25) is 17.7 Å². The fourth-order valence-electron chi connectivity index (χ4n) is 12.1. The highest BCUT2D eigenvalue weighted by molar-refractivity contribution is 9.09. The summed E-state index contributed by atoms with van der Waals surface area (Å²) >= 11 is 2.99. The van der Waals surface area contributed by atoms with E-state index in [4.69, 9.17) is 27.8 Å². The number of carbonyl (C=O) groups excluding carboxylic acids is 6. The Bertz CT molecular complexity index is 2710. The fourth-order valence-corrected chi connectivity index (χ4v) is 14.1. The number of ether oxygens (including phenoxy) is 3. The third-order valence-corrected chi connectivity index (χ3v) is 17.6. The maximum absolute atomic E-state index is 16.6. The molecular weight excluding hydrogens is 1090 g/mol. The second-order valence-corrected chi connectivity index (χ2v) is 26.3. The van der Waals surface area contributed by atoms with E-state index in [0.717, 1.165) is 11.6 Å². The molecule has 422 valence electrons.